The lowest BCUT2D eigenvalue weighted by Crippen LogP contribution is -2.36. The molecule has 0 aliphatic heterocycles. The first-order valence-corrected chi connectivity index (χ1v) is 6.22. The molecule has 0 aromatic heterocycles. The Kier molecular flexibility index (Phi) is 5.58. The average Bonchev–Trinajstić information content (AvgIpc) is 2.27. The Balaban J connectivity index is 2.44. The van der Waals surface area contributed by atoms with Crippen molar-refractivity contribution >= 4 is 21.8 Å². The minimum absolute atomic E-state index is 0.102. The van der Waals surface area contributed by atoms with Gasteiger partial charge in [0, 0.05) is 17.1 Å². The molecule has 5 heteroatoms. The van der Waals surface area contributed by atoms with Crippen molar-refractivity contribution in [3.8, 4) is 0 Å². The van der Waals surface area contributed by atoms with Gasteiger partial charge in [-0.05, 0) is 23.8 Å². The minimum atomic E-state index is -0.308. The topological polar surface area (TPSA) is 41.1 Å². The van der Waals surface area contributed by atoms with E-state index in [4.69, 9.17) is 0 Å². The number of halogens is 2. The quantitative estimate of drug-likeness (QED) is 0.875. The van der Waals surface area contributed by atoms with Gasteiger partial charge in [-0.15, -0.1) is 0 Å². The lowest BCUT2D eigenvalue weighted by atomic mass is 10.2. The van der Waals surface area contributed by atoms with Crippen LogP contribution in [0, 0.1) is 5.82 Å². The summed E-state index contributed by atoms with van der Waals surface area (Å²) in [7, 11) is 0. The van der Waals surface area contributed by atoms with E-state index in [0.29, 0.717) is 6.54 Å². The van der Waals surface area contributed by atoms with Crippen LogP contribution in [0.1, 0.15) is 19.4 Å². The van der Waals surface area contributed by atoms with Gasteiger partial charge in [0.05, 0.1) is 6.54 Å². The number of rotatable bonds is 5. The third-order valence-electron chi connectivity index (χ3n) is 2.15. The zero-order valence-electron chi connectivity index (χ0n) is 9.89. The molecule has 1 amide bonds. The number of amides is 1. The Morgan fingerprint density at radius 3 is 2.82 bits per heavy atom. The first-order valence-electron chi connectivity index (χ1n) is 5.43. The van der Waals surface area contributed by atoms with Crippen molar-refractivity contribution in [2.24, 2.45) is 0 Å². The number of carbonyl (C=O) groups excluding carboxylic acids is 1. The summed E-state index contributed by atoms with van der Waals surface area (Å²) >= 11 is 3.31. The van der Waals surface area contributed by atoms with Crippen LogP contribution in [0.15, 0.2) is 22.7 Å². The maximum Gasteiger partial charge on any atom is 0.234 e. The number of benzene rings is 1. The van der Waals surface area contributed by atoms with Gasteiger partial charge in [0.15, 0.2) is 0 Å². The van der Waals surface area contributed by atoms with Crippen LogP contribution in [0.25, 0.3) is 0 Å². The van der Waals surface area contributed by atoms with Crippen molar-refractivity contribution in [3.63, 3.8) is 0 Å². The Bertz CT molecular complexity index is 396. The molecule has 1 rings (SSSR count). The van der Waals surface area contributed by atoms with Gasteiger partial charge in [-0.2, -0.15) is 0 Å². The smallest absolute Gasteiger partial charge is 0.234 e. The Morgan fingerprint density at radius 2 is 2.18 bits per heavy atom. The predicted molar refractivity (Wildman–Crippen MR) is 69.1 cm³/mol. The molecule has 0 atom stereocenters. The summed E-state index contributed by atoms with van der Waals surface area (Å²) in [6, 6.07) is 4.67. The highest BCUT2D eigenvalue weighted by Crippen LogP contribution is 2.17. The number of nitrogens with one attached hydrogen (secondary N) is 2. The first kappa shape index (κ1) is 14.1. The van der Waals surface area contributed by atoms with Crippen LogP contribution in [0.3, 0.4) is 0 Å². The largest absolute Gasteiger partial charge is 0.351 e. The van der Waals surface area contributed by atoms with Crippen molar-refractivity contribution in [1.29, 1.82) is 0 Å². The predicted octanol–water partition coefficient (Wildman–Crippen LogP) is 2.20. The van der Waals surface area contributed by atoms with Gasteiger partial charge < -0.3 is 10.6 Å². The van der Waals surface area contributed by atoms with Crippen molar-refractivity contribution in [2.45, 2.75) is 26.4 Å². The maximum atomic E-state index is 13.0. The lowest BCUT2D eigenvalue weighted by Gasteiger charge is -2.10. The van der Waals surface area contributed by atoms with E-state index in [2.05, 4.69) is 26.6 Å². The summed E-state index contributed by atoms with van der Waals surface area (Å²) in [6.45, 7) is 4.52. The average molecular weight is 303 g/mol. The Morgan fingerprint density at radius 1 is 1.47 bits per heavy atom. The van der Waals surface area contributed by atoms with E-state index < -0.39 is 0 Å². The molecule has 94 valence electrons. The Labute approximate surface area is 109 Å². The monoisotopic (exact) mass is 302 g/mol. The van der Waals surface area contributed by atoms with Crippen LogP contribution in [-0.4, -0.2) is 18.5 Å². The van der Waals surface area contributed by atoms with Crippen LogP contribution in [-0.2, 0) is 11.3 Å². The zero-order valence-corrected chi connectivity index (χ0v) is 11.5. The van der Waals surface area contributed by atoms with Crippen LogP contribution in [0.2, 0.25) is 0 Å². The molecule has 1 aromatic carbocycles. The van der Waals surface area contributed by atoms with Crippen molar-refractivity contribution in [1.82, 2.24) is 10.6 Å². The molecule has 0 radical (unpaired) electrons. The molecule has 0 unspecified atom stereocenters. The van der Waals surface area contributed by atoms with Crippen LogP contribution in [0.4, 0.5) is 4.39 Å². The highest BCUT2D eigenvalue weighted by molar-refractivity contribution is 9.10. The van der Waals surface area contributed by atoms with E-state index >= 15 is 0 Å². The standard InChI is InChI=1S/C12H16BrFN2O/c1-8(2)15-7-12(17)16-6-9-5-10(14)3-4-11(9)13/h3-5,8,15H,6-7H2,1-2H3,(H,16,17). The number of carbonyl (C=O) groups is 1. The second-order valence-corrected chi connectivity index (χ2v) is 4.90. The van der Waals surface area contributed by atoms with Gasteiger partial charge in [-0.25, -0.2) is 4.39 Å². The van der Waals surface area contributed by atoms with E-state index in [1.54, 1.807) is 6.07 Å². The van der Waals surface area contributed by atoms with E-state index in [1.807, 2.05) is 13.8 Å². The summed E-state index contributed by atoms with van der Waals surface area (Å²) in [5, 5.41) is 5.73. The summed E-state index contributed by atoms with van der Waals surface area (Å²) < 4.78 is 13.8. The van der Waals surface area contributed by atoms with E-state index in [0.717, 1.165) is 10.0 Å². The van der Waals surface area contributed by atoms with E-state index in [-0.39, 0.29) is 24.3 Å². The van der Waals surface area contributed by atoms with Crippen molar-refractivity contribution in [3.05, 3.63) is 34.1 Å². The fourth-order valence-electron chi connectivity index (χ4n) is 1.23. The molecule has 0 aliphatic carbocycles. The van der Waals surface area contributed by atoms with Crippen LogP contribution >= 0.6 is 15.9 Å². The summed E-state index contributed by atoms with van der Waals surface area (Å²) in [6.07, 6.45) is 0. The summed E-state index contributed by atoms with van der Waals surface area (Å²) in [5.74, 6) is -0.410. The third kappa shape index (κ3) is 5.28. The molecule has 0 aliphatic rings. The molecule has 3 nitrogen and oxygen atoms in total. The maximum absolute atomic E-state index is 13.0. The second kappa shape index (κ2) is 6.71. The highest BCUT2D eigenvalue weighted by atomic mass is 79.9. The Hall–Kier alpha value is -0.940. The van der Waals surface area contributed by atoms with Crippen molar-refractivity contribution < 1.29 is 9.18 Å². The van der Waals surface area contributed by atoms with Gasteiger partial charge in [-0.3, -0.25) is 4.79 Å². The fraction of sp³-hybridized carbons (Fsp3) is 0.417. The van der Waals surface area contributed by atoms with Gasteiger partial charge in [0.25, 0.3) is 0 Å². The fourth-order valence-corrected chi connectivity index (χ4v) is 1.62. The molecular formula is C12H16BrFN2O. The SMILES string of the molecule is CC(C)NCC(=O)NCc1cc(F)ccc1Br. The third-order valence-corrected chi connectivity index (χ3v) is 2.93. The summed E-state index contributed by atoms with van der Waals surface area (Å²) in [5.41, 5.74) is 0.725. The molecular weight excluding hydrogens is 287 g/mol. The first-order chi connectivity index (χ1) is 7.99. The number of hydrogen-bond acceptors (Lipinski definition) is 2. The van der Waals surface area contributed by atoms with Gasteiger partial charge in [-0.1, -0.05) is 29.8 Å². The molecule has 0 heterocycles. The summed E-state index contributed by atoms with van der Waals surface area (Å²) in [4.78, 5) is 11.4. The zero-order chi connectivity index (χ0) is 12.8. The van der Waals surface area contributed by atoms with Gasteiger partial charge in [0.2, 0.25) is 5.91 Å². The van der Waals surface area contributed by atoms with E-state index in [1.165, 1.54) is 12.1 Å². The molecule has 17 heavy (non-hydrogen) atoms. The molecule has 2 N–H and O–H groups in total. The molecule has 0 fully saturated rings. The molecule has 0 saturated carbocycles. The lowest BCUT2D eigenvalue weighted by molar-refractivity contribution is -0.120. The van der Waals surface area contributed by atoms with Crippen LogP contribution < -0.4 is 10.6 Å². The molecule has 1 aromatic rings. The minimum Gasteiger partial charge on any atom is -0.351 e. The van der Waals surface area contributed by atoms with Crippen molar-refractivity contribution in [2.75, 3.05) is 6.54 Å². The van der Waals surface area contributed by atoms with Crippen LogP contribution in [0.5, 0.6) is 0 Å². The number of hydrogen-bond donors (Lipinski definition) is 2. The van der Waals surface area contributed by atoms with Gasteiger partial charge in [0.1, 0.15) is 5.82 Å². The van der Waals surface area contributed by atoms with Gasteiger partial charge >= 0.3 is 0 Å². The second-order valence-electron chi connectivity index (χ2n) is 4.05. The molecule has 0 saturated heterocycles. The molecule has 0 bridgehead atoms. The molecule has 0 spiro atoms. The highest BCUT2D eigenvalue weighted by Gasteiger charge is 2.05. The van der Waals surface area contributed by atoms with E-state index in [9.17, 15) is 9.18 Å². The normalized spacial score (nSPS) is 10.6.